The number of benzene rings is 2. The van der Waals surface area contributed by atoms with E-state index in [9.17, 15) is 9.59 Å². The molecule has 0 bridgehead atoms. The van der Waals surface area contributed by atoms with Gasteiger partial charge in [0, 0.05) is 0 Å². The predicted molar refractivity (Wildman–Crippen MR) is 73.6 cm³/mol. The summed E-state index contributed by atoms with van der Waals surface area (Å²) < 4.78 is 10.0. The zero-order valence-electron chi connectivity index (χ0n) is 11.3. The Labute approximate surface area is 116 Å². The van der Waals surface area contributed by atoms with Crippen molar-refractivity contribution in [2.45, 2.75) is 13.8 Å². The van der Waals surface area contributed by atoms with Crippen LogP contribution in [0.25, 0.3) is 0 Å². The third-order valence-electron chi connectivity index (χ3n) is 2.76. The first-order chi connectivity index (χ1) is 9.58. The van der Waals surface area contributed by atoms with E-state index in [2.05, 4.69) is 0 Å². The second-order valence-electron chi connectivity index (χ2n) is 4.31. The summed E-state index contributed by atoms with van der Waals surface area (Å²) in [4.78, 5) is 23.4. The number of carbonyl (C=O) groups excluding carboxylic acids is 2. The Morgan fingerprint density at radius 1 is 0.700 bits per heavy atom. The van der Waals surface area contributed by atoms with Crippen LogP contribution >= 0.6 is 0 Å². The Morgan fingerprint density at radius 2 is 1.05 bits per heavy atom. The maximum absolute atomic E-state index is 11.7. The van der Waals surface area contributed by atoms with E-state index in [0.29, 0.717) is 11.5 Å². The predicted octanol–water partition coefficient (Wildman–Crippen LogP) is 2.81. The topological polar surface area (TPSA) is 52.6 Å². The van der Waals surface area contributed by atoms with Gasteiger partial charge in [-0.05, 0) is 37.1 Å². The van der Waals surface area contributed by atoms with Gasteiger partial charge in [0.05, 0.1) is 0 Å². The van der Waals surface area contributed by atoms with Crippen LogP contribution in [0.3, 0.4) is 0 Å². The largest absolute Gasteiger partial charge is 0.423 e. The van der Waals surface area contributed by atoms with Gasteiger partial charge < -0.3 is 9.47 Å². The fraction of sp³-hybridized carbons (Fsp3) is 0.125. The lowest BCUT2D eigenvalue weighted by molar-refractivity contribution is -0.156. The van der Waals surface area contributed by atoms with Crippen LogP contribution in [0, 0.1) is 13.8 Å². The standard InChI is InChI=1S/C16H14O4/c1-11-7-3-5-9-13(11)19-15(17)16(18)20-14-10-6-4-8-12(14)2/h3-10H,1-2H3. The van der Waals surface area contributed by atoms with E-state index >= 15 is 0 Å². The Bertz CT molecular complexity index is 589. The number of esters is 2. The number of hydrogen-bond acceptors (Lipinski definition) is 4. The first-order valence-electron chi connectivity index (χ1n) is 6.13. The molecule has 0 fully saturated rings. The molecule has 0 unspecified atom stereocenters. The van der Waals surface area contributed by atoms with Crippen LogP contribution in [0.1, 0.15) is 11.1 Å². The van der Waals surface area contributed by atoms with Crippen molar-refractivity contribution in [2.75, 3.05) is 0 Å². The zero-order valence-corrected chi connectivity index (χ0v) is 11.3. The summed E-state index contributed by atoms with van der Waals surface area (Å²) in [5, 5.41) is 0. The highest BCUT2D eigenvalue weighted by Crippen LogP contribution is 2.18. The van der Waals surface area contributed by atoms with Crippen LogP contribution in [-0.4, -0.2) is 11.9 Å². The number of ether oxygens (including phenoxy) is 2. The fourth-order valence-corrected chi connectivity index (χ4v) is 1.62. The van der Waals surface area contributed by atoms with E-state index in [0.717, 1.165) is 11.1 Å². The van der Waals surface area contributed by atoms with Crippen molar-refractivity contribution >= 4 is 11.9 Å². The van der Waals surface area contributed by atoms with Gasteiger partial charge in [-0.25, -0.2) is 9.59 Å². The molecule has 4 heteroatoms. The zero-order chi connectivity index (χ0) is 14.5. The SMILES string of the molecule is Cc1ccccc1OC(=O)C(=O)Oc1ccccc1C. The van der Waals surface area contributed by atoms with Gasteiger partial charge in [0.1, 0.15) is 11.5 Å². The van der Waals surface area contributed by atoms with Crippen LogP contribution in [0.2, 0.25) is 0 Å². The summed E-state index contributed by atoms with van der Waals surface area (Å²) in [5.41, 5.74) is 1.54. The lowest BCUT2D eigenvalue weighted by Crippen LogP contribution is -2.25. The lowest BCUT2D eigenvalue weighted by atomic mass is 10.2. The van der Waals surface area contributed by atoms with E-state index in [4.69, 9.17) is 9.47 Å². The average Bonchev–Trinajstić information content (AvgIpc) is 2.43. The molecule has 0 aromatic heterocycles. The molecule has 0 saturated carbocycles. The van der Waals surface area contributed by atoms with Gasteiger partial charge in [-0.15, -0.1) is 0 Å². The Balaban J connectivity index is 2.05. The highest BCUT2D eigenvalue weighted by atomic mass is 16.6. The molecule has 0 N–H and O–H groups in total. The Morgan fingerprint density at radius 3 is 1.40 bits per heavy atom. The minimum absolute atomic E-state index is 0.347. The number of rotatable bonds is 2. The van der Waals surface area contributed by atoms with Crippen LogP contribution in [0.5, 0.6) is 11.5 Å². The lowest BCUT2D eigenvalue weighted by Gasteiger charge is -2.08. The van der Waals surface area contributed by atoms with Crippen LogP contribution in [-0.2, 0) is 9.59 Å². The molecule has 2 rings (SSSR count). The van der Waals surface area contributed by atoms with Gasteiger partial charge in [-0.1, -0.05) is 36.4 Å². The van der Waals surface area contributed by atoms with E-state index in [1.807, 2.05) is 12.1 Å². The molecule has 0 spiro atoms. The summed E-state index contributed by atoms with van der Waals surface area (Å²) in [6.07, 6.45) is 0. The summed E-state index contributed by atoms with van der Waals surface area (Å²) in [7, 11) is 0. The molecule has 0 aliphatic rings. The van der Waals surface area contributed by atoms with Gasteiger partial charge in [0.2, 0.25) is 0 Å². The fourth-order valence-electron chi connectivity index (χ4n) is 1.62. The maximum atomic E-state index is 11.7. The van der Waals surface area contributed by atoms with Gasteiger partial charge in [-0.3, -0.25) is 0 Å². The molecule has 0 atom stereocenters. The molecule has 0 amide bonds. The normalized spacial score (nSPS) is 9.90. The molecular formula is C16H14O4. The number of hydrogen-bond donors (Lipinski definition) is 0. The van der Waals surface area contributed by atoms with Crippen molar-refractivity contribution in [3.8, 4) is 11.5 Å². The second kappa shape index (κ2) is 6.02. The van der Waals surface area contributed by atoms with Crippen LogP contribution in [0.4, 0.5) is 0 Å². The van der Waals surface area contributed by atoms with Crippen molar-refractivity contribution in [1.82, 2.24) is 0 Å². The Hall–Kier alpha value is -2.62. The van der Waals surface area contributed by atoms with Gasteiger partial charge in [-0.2, -0.15) is 0 Å². The molecular weight excluding hydrogens is 256 g/mol. The molecule has 4 nitrogen and oxygen atoms in total. The molecule has 20 heavy (non-hydrogen) atoms. The van der Waals surface area contributed by atoms with Crippen molar-refractivity contribution in [3.05, 3.63) is 59.7 Å². The quantitative estimate of drug-likeness (QED) is 0.478. The van der Waals surface area contributed by atoms with E-state index in [1.165, 1.54) is 0 Å². The third-order valence-corrected chi connectivity index (χ3v) is 2.76. The highest BCUT2D eigenvalue weighted by Gasteiger charge is 2.20. The van der Waals surface area contributed by atoms with Gasteiger partial charge >= 0.3 is 11.9 Å². The molecule has 0 saturated heterocycles. The molecule has 2 aromatic carbocycles. The smallest absolute Gasteiger partial charge is 0.418 e. The van der Waals surface area contributed by atoms with E-state index < -0.39 is 11.9 Å². The number of para-hydroxylation sites is 2. The monoisotopic (exact) mass is 270 g/mol. The van der Waals surface area contributed by atoms with E-state index in [1.54, 1.807) is 50.2 Å². The minimum Gasteiger partial charge on any atom is -0.418 e. The van der Waals surface area contributed by atoms with Crippen LogP contribution < -0.4 is 9.47 Å². The third kappa shape index (κ3) is 3.23. The molecule has 0 radical (unpaired) electrons. The Kier molecular flexibility index (Phi) is 4.15. The molecule has 2 aromatic rings. The second-order valence-corrected chi connectivity index (χ2v) is 4.31. The minimum atomic E-state index is -1.04. The number of aryl methyl sites for hydroxylation is 2. The number of carbonyl (C=O) groups is 2. The molecule has 0 aliphatic heterocycles. The summed E-state index contributed by atoms with van der Waals surface area (Å²) >= 11 is 0. The van der Waals surface area contributed by atoms with Gasteiger partial charge in [0.15, 0.2) is 0 Å². The van der Waals surface area contributed by atoms with Crippen molar-refractivity contribution in [1.29, 1.82) is 0 Å². The summed E-state index contributed by atoms with van der Waals surface area (Å²) in [6, 6.07) is 13.9. The summed E-state index contributed by atoms with van der Waals surface area (Å²) in [5.74, 6) is -1.39. The highest BCUT2D eigenvalue weighted by molar-refractivity contribution is 6.31. The molecule has 0 heterocycles. The van der Waals surface area contributed by atoms with Crippen molar-refractivity contribution in [2.24, 2.45) is 0 Å². The van der Waals surface area contributed by atoms with Crippen molar-refractivity contribution in [3.63, 3.8) is 0 Å². The summed E-state index contributed by atoms with van der Waals surface area (Å²) in [6.45, 7) is 3.57. The van der Waals surface area contributed by atoms with Crippen LogP contribution in [0.15, 0.2) is 48.5 Å². The average molecular weight is 270 g/mol. The maximum Gasteiger partial charge on any atom is 0.423 e. The van der Waals surface area contributed by atoms with E-state index in [-0.39, 0.29) is 0 Å². The van der Waals surface area contributed by atoms with Gasteiger partial charge in [0.25, 0.3) is 0 Å². The van der Waals surface area contributed by atoms with Crippen molar-refractivity contribution < 1.29 is 19.1 Å². The molecule has 0 aliphatic carbocycles. The first-order valence-corrected chi connectivity index (χ1v) is 6.13. The first kappa shape index (κ1) is 13.8. The molecule has 102 valence electrons.